The van der Waals surface area contributed by atoms with Crippen molar-refractivity contribution >= 4 is 17.8 Å². The van der Waals surface area contributed by atoms with Crippen LogP contribution in [0.3, 0.4) is 0 Å². The van der Waals surface area contributed by atoms with E-state index in [1.54, 1.807) is 24.3 Å². The van der Waals surface area contributed by atoms with Gasteiger partial charge in [0.25, 0.3) is 11.8 Å². The van der Waals surface area contributed by atoms with Crippen molar-refractivity contribution in [2.75, 3.05) is 0 Å². The van der Waals surface area contributed by atoms with Crippen molar-refractivity contribution in [3.63, 3.8) is 0 Å². The molecule has 1 atom stereocenters. The summed E-state index contributed by atoms with van der Waals surface area (Å²) in [6.07, 6.45) is 0.969. The van der Waals surface area contributed by atoms with Crippen molar-refractivity contribution in [1.29, 1.82) is 0 Å². The summed E-state index contributed by atoms with van der Waals surface area (Å²) in [6, 6.07) is 5.47. The lowest BCUT2D eigenvalue weighted by Gasteiger charge is -2.19. The molecule has 18 heavy (non-hydrogen) atoms. The molecule has 0 spiro atoms. The van der Waals surface area contributed by atoms with Crippen LogP contribution in [0.4, 0.5) is 0 Å². The standard InChI is InChI=1S/C13H11NO4/c1-3-18-13(17)8(2)14-11(15)9-6-4-5-7-10(9)12(14)16/h3-8H,1H2,2H3/t8-/m0/s1. The Hall–Kier alpha value is -2.43. The van der Waals surface area contributed by atoms with Gasteiger partial charge in [0, 0.05) is 0 Å². The number of fused-ring (bicyclic) bond motifs is 1. The molecule has 1 aromatic carbocycles. The van der Waals surface area contributed by atoms with E-state index in [2.05, 4.69) is 11.3 Å². The Morgan fingerprint density at radius 2 is 1.78 bits per heavy atom. The smallest absolute Gasteiger partial charge is 0.333 e. The maximum atomic E-state index is 12.0. The van der Waals surface area contributed by atoms with Crippen molar-refractivity contribution in [1.82, 2.24) is 4.90 Å². The number of hydrogen-bond donors (Lipinski definition) is 0. The van der Waals surface area contributed by atoms with Crippen LogP contribution < -0.4 is 0 Å². The van der Waals surface area contributed by atoms with Gasteiger partial charge in [-0.25, -0.2) is 4.79 Å². The normalized spacial score (nSPS) is 15.3. The van der Waals surface area contributed by atoms with Crippen LogP contribution in [0.1, 0.15) is 27.6 Å². The predicted molar refractivity (Wildman–Crippen MR) is 62.7 cm³/mol. The van der Waals surface area contributed by atoms with Gasteiger partial charge >= 0.3 is 5.97 Å². The number of hydrogen-bond acceptors (Lipinski definition) is 4. The van der Waals surface area contributed by atoms with Crippen molar-refractivity contribution < 1.29 is 19.1 Å². The predicted octanol–water partition coefficient (Wildman–Crippen LogP) is 1.36. The minimum atomic E-state index is -0.976. The van der Waals surface area contributed by atoms with Gasteiger partial charge in [0.2, 0.25) is 0 Å². The molecule has 5 nitrogen and oxygen atoms in total. The Bertz CT molecular complexity index is 515. The fourth-order valence-electron chi connectivity index (χ4n) is 1.85. The average molecular weight is 245 g/mol. The summed E-state index contributed by atoms with van der Waals surface area (Å²) in [5, 5.41) is 0. The second-order valence-corrected chi connectivity index (χ2v) is 3.81. The van der Waals surface area contributed by atoms with E-state index in [1.165, 1.54) is 6.92 Å². The summed E-state index contributed by atoms with van der Waals surface area (Å²) < 4.78 is 4.59. The van der Waals surface area contributed by atoms with Gasteiger partial charge in [-0.1, -0.05) is 18.7 Å². The summed E-state index contributed by atoms with van der Waals surface area (Å²) in [5.41, 5.74) is 0.613. The van der Waals surface area contributed by atoms with Gasteiger partial charge in [0.1, 0.15) is 6.04 Å². The van der Waals surface area contributed by atoms with Crippen LogP contribution in [-0.4, -0.2) is 28.7 Å². The van der Waals surface area contributed by atoms with Crippen molar-refractivity contribution in [2.24, 2.45) is 0 Å². The lowest BCUT2D eigenvalue weighted by atomic mass is 10.1. The first-order valence-corrected chi connectivity index (χ1v) is 5.36. The van der Waals surface area contributed by atoms with E-state index in [4.69, 9.17) is 0 Å². The van der Waals surface area contributed by atoms with E-state index >= 15 is 0 Å². The molecule has 1 aromatic rings. The van der Waals surface area contributed by atoms with Crippen LogP contribution >= 0.6 is 0 Å². The first-order valence-electron chi connectivity index (χ1n) is 5.36. The molecule has 1 aliphatic heterocycles. The molecule has 0 fully saturated rings. The summed E-state index contributed by atoms with van der Waals surface area (Å²) >= 11 is 0. The van der Waals surface area contributed by atoms with Gasteiger partial charge in [-0.2, -0.15) is 0 Å². The molecule has 0 radical (unpaired) electrons. The van der Waals surface area contributed by atoms with E-state index < -0.39 is 23.8 Å². The van der Waals surface area contributed by atoms with E-state index in [9.17, 15) is 14.4 Å². The molecule has 0 N–H and O–H groups in total. The topological polar surface area (TPSA) is 63.7 Å². The highest BCUT2D eigenvalue weighted by Gasteiger charge is 2.41. The monoisotopic (exact) mass is 245 g/mol. The van der Waals surface area contributed by atoms with Crippen molar-refractivity contribution in [2.45, 2.75) is 13.0 Å². The zero-order chi connectivity index (χ0) is 13.3. The van der Waals surface area contributed by atoms with Crippen LogP contribution in [0.5, 0.6) is 0 Å². The number of imide groups is 1. The number of carbonyl (C=O) groups excluding carboxylic acids is 3. The maximum Gasteiger partial charge on any atom is 0.333 e. The number of carbonyl (C=O) groups is 3. The van der Waals surface area contributed by atoms with Gasteiger partial charge in [-0.05, 0) is 19.1 Å². The lowest BCUT2D eigenvalue weighted by Crippen LogP contribution is -2.43. The van der Waals surface area contributed by atoms with Gasteiger partial charge in [0.05, 0.1) is 17.4 Å². The van der Waals surface area contributed by atoms with Crippen LogP contribution in [0, 0.1) is 0 Å². The molecule has 1 aliphatic rings. The van der Waals surface area contributed by atoms with Gasteiger partial charge < -0.3 is 4.74 Å². The molecule has 2 rings (SSSR count). The van der Waals surface area contributed by atoms with Crippen LogP contribution in [0.15, 0.2) is 37.1 Å². The third-order valence-electron chi connectivity index (χ3n) is 2.75. The number of ether oxygens (including phenoxy) is 1. The summed E-state index contributed by atoms with van der Waals surface area (Å²) in [6.45, 7) is 4.69. The number of esters is 1. The van der Waals surface area contributed by atoms with E-state index in [0.29, 0.717) is 11.1 Å². The summed E-state index contributed by atoms with van der Waals surface area (Å²) in [5.74, 6) is -1.66. The Morgan fingerprint density at radius 3 is 2.22 bits per heavy atom. The summed E-state index contributed by atoms with van der Waals surface area (Å²) in [4.78, 5) is 36.5. The fraction of sp³-hybridized carbons (Fsp3) is 0.154. The quantitative estimate of drug-likeness (QED) is 0.458. The lowest BCUT2D eigenvalue weighted by molar-refractivity contribution is -0.141. The minimum absolute atomic E-state index is 0.306. The zero-order valence-corrected chi connectivity index (χ0v) is 9.75. The third kappa shape index (κ3) is 1.69. The van der Waals surface area contributed by atoms with Crippen LogP contribution in [0.2, 0.25) is 0 Å². The molecule has 5 heteroatoms. The molecule has 1 heterocycles. The minimum Gasteiger partial charge on any atom is -0.434 e. The highest BCUT2D eigenvalue weighted by molar-refractivity contribution is 6.22. The van der Waals surface area contributed by atoms with E-state index in [0.717, 1.165) is 11.2 Å². The average Bonchev–Trinajstić information content (AvgIpc) is 2.62. The van der Waals surface area contributed by atoms with E-state index in [-0.39, 0.29) is 0 Å². The number of rotatable bonds is 3. The second-order valence-electron chi connectivity index (χ2n) is 3.81. The first-order chi connectivity index (χ1) is 8.57. The molecule has 0 aliphatic carbocycles. The van der Waals surface area contributed by atoms with Crippen LogP contribution in [0.25, 0.3) is 0 Å². The molecule has 0 saturated heterocycles. The molecular weight excluding hydrogens is 234 g/mol. The van der Waals surface area contributed by atoms with Crippen LogP contribution in [-0.2, 0) is 9.53 Å². The SMILES string of the molecule is C=COC(=O)[C@H](C)N1C(=O)c2ccccc2C1=O. The molecule has 0 aromatic heterocycles. The summed E-state index contributed by atoms with van der Waals surface area (Å²) in [7, 11) is 0. The van der Waals surface area contributed by atoms with Crippen molar-refractivity contribution in [3.8, 4) is 0 Å². The van der Waals surface area contributed by atoms with Crippen molar-refractivity contribution in [3.05, 3.63) is 48.2 Å². The zero-order valence-electron chi connectivity index (χ0n) is 9.75. The number of nitrogens with zero attached hydrogens (tertiary/aromatic N) is 1. The second kappa shape index (κ2) is 4.44. The molecule has 2 amide bonds. The highest BCUT2D eigenvalue weighted by atomic mass is 16.5. The Kier molecular flexibility index (Phi) is 2.97. The van der Waals surface area contributed by atoms with Gasteiger partial charge in [0.15, 0.2) is 0 Å². The highest BCUT2D eigenvalue weighted by Crippen LogP contribution is 2.24. The van der Waals surface area contributed by atoms with Gasteiger partial charge in [-0.3, -0.25) is 14.5 Å². The largest absolute Gasteiger partial charge is 0.434 e. The molecule has 0 bridgehead atoms. The molecular formula is C13H11NO4. The van der Waals surface area contributed by atoms with E-state index in [1.807, 2.05) is 0 Å². The Labute approximate surface area is 104 Å². The molecule has 92 valence electrons. The Morgan fingerprint density at radius 1 is 1.28 bits per heavy atom. The number of benzene rings is 1. The molecule has 0 saturated carbocycles. The first kappa shape index (κ1) is 12.0. The fourth-order valence-corrected chi connectivity index (χ4v) is 1.85. The molecule has 0 unspecified atom stereocenters. The maximum absolute atomic E-state index is 12.0. The third-order valence-corrected chi connectivity index (χ3v) is 2.75. The number of amides is 2. The Balaban J connectivity index is 2.34. The van der Waals surface area contributed by atoms with Gasteiger partial charge in [-0.15, -0.1) is 0 Å².